The number of hydrogen-bond donors (Lipinski definition) is 2. The monoisotopic (exact) mass is 266 g/mol. The van der Waals surface area contributed by atoms with E-state index in [1.54, 1.807) is 12.1 Å². The number of piperazine rings is 1. The van der Waals surface area contributed by atoms with Gasteiger partial charge in [0.2, 0.25) is 0 Å². The Morgan fingerprint density at radius 3 is 2.53 bits per heavy atom. The van der Waals surface area contributed by atoms with Gasteiger partial charge in [-0.3, -0.25) is 4.90 Å². The highest BCUT2D eigenvalue weighted by molar-refractivity contribution is 5.84. The van der Waals surface area contributed by atoms with Gasteiger partial charge in [-0.25, -0.2) is 4.39 Å². The predicted molar refractivity (Wildman–Crippen MR) is 73.1 cm³/mol. The molecule has 1 saturated heterocycles. The first-order valence-electron chi connectivity index (χ1n) is 6.34. The molecule has 1 aromatic carbocycles. The van der Waals surface area contributed by atoms with Gasteiger partial charge in [0.05, 0.1) is 11.7 Å². The topological polar surface area (TPSA) is 65.1 Å². The maximum absolute atomic E-state index is 13.7. The number of hydrogen-bond acceptors (Lipinski definition) is 4. The molecule has 1 fully saturated rings. The summed E-state index contributed by atoms with van der Waals surface area (Å²) in [5.41, 5.74) is 6.24. The molecule has 1 atom stereocenters. The summed E-state index contributed by atoms with van der Waals surface area (Å²) in [5.74, 6) is 0.0137. The van der Waals surface area contributed by atoms with Crippen LogP contribution in [0.4, 0.5) is 10.1 Å². The molecule has 104 valence electrons. The highest BCUT2D eigenvalue weighted by atomic mass is 19.1. The lowest BCUT2D eigenvalue weighted by Gasteiger charge is -2.38. The van der Waals surface area contributed by atoms with Crippen molar-refractivity contribution in [3.05, 3.63) is 30.1 Å². The highest BCUT2D eigenvalue weighted by Crippen LogP contribution is 2.20. The number of oxime groups is 1. The Balaban J connectivity index is 1.98. The fourth-order valence-electron chi connectivity index (χ4n) is 2.33. The van der Waals surface area contributed by atoms with Crippen molar-refractivity contribution in [3.8, 4) is 0 Å². The van der Waals surface area contributed by atoms with Crippen LogP contribution in [0.1, 0.15) is 6.92 Å². The van der Waals surface area contributed by atoms with Crippen molar-refractivity contribution in [2.45, 2.75) is 13.0 Å². The molecule has 3 N–H and O–H groups in total. The van der Waals surface area contributed by atoms with Crippen LogP contribution >= 0.6 is 0 Å². The quantitative estimate of drug-likeness (QED) is 0.372. The molecular formula is C13H19FN4O. The number of halogens is 1. The van der Waals surface area contributed by atoms with Crippen LogP contribution in [0, 0.1) is 5.82 Å². The van der Waals surface area contributed by atoms with Crippen LogP contribution in [0.15, 0.2) is 29.4 Å². The molecule has 0 saturated carbocycles. The van der Waals surface area contributed by atoms with E-state index in [0.29, 0.717) is 5.69 Å². The molecule has 0 spiro atoms. The summed E-state index contributed by atoms with van der Waals surface area (Å²) in [6, 6.07) is 6.69. The molecule has 0 amide bonds. The molecule has 6 heteroatoms. The number of para-hydroxylation sites is 1. The van der Waals surface area contributed by atoms with E-state index in [-0.39, 0.29) is 17.7 Å². The van der Waals surface area contributed by atoms with E-state index >= 15 is 0 Å². The number of anilines is 1. The van der Waals surface area contributed by atoms with Gasteiger partial charge in [0.25, 0.3) is 0 Å². The Labute approximate surface area is 112 Å². The number of rotatable bonds is 3. The molecule has 1 aliphatic rings. The van der Waals surface area contributed by atoms with E-state index < -0.39 is 0 Å². The molecule has 0 radical (unpaired) electrons. The van der Waals surface area contributed by atoms with Crippen molar-refractivity contribution in [1.29, 1.82) is 0 Å². The van der Waals surface area contributed by atoms with Gasteiger partial charge in [-0.1, -0.05) is 17.3 Å². The van der Waals surface area contributed by atoms with E-state index in [1.807, 2.05) is 17.9 Å². The number of nitrogens with zero attached hydrogens (tertiary/aromatic N) is 3. The van der Waals surface area contributed by atoms with E-state index in [2.05, 4.69) is 10.1 Å². The van der Waals surface area contributed by atoms with Crippen LogP contribution in [-0.2, 0) is 0 Å². The molecule has 0 aliphatic carbocycles. The van der Waals surface area contributed by atoms with E-state index in [1.165, 1.54) is 6.07 Å². The summed E-state index contributed by atoms with van der Waals surface area (Å²) < 4.78 is 13.7. The fraction of sp³-hybridized carbons (Fsp3) is 0.462. The summed E-state index contributed by atoms with van der Waals surface area (Å²) in [7, 11) is 0. The lowest BCUT2D eigenvalue weighted by Crippen LogP contribution is -2.53. The van der Waals surface area contributed by atoms with E-state index in [4.69, 9.17) is 10.9 Å². The zero-order chi connectivity index (χ0) is 13.8. The van der Waals surface area contributed by atoms with Crippen molar-refractivity contribution < 1.29 is 9.60 Å². The molecule has 1 unspecified atom stereocenters. The van der Waals surface area contributed by atoms with Gasteiger partial charge in [0.15, 0.2) is 5.84 Å². The van der Waals surface area contributed by atoms with Crippen molar-refractivity contribution in [2.24, 2.45) is 10.9 Å². The number of benzene rings is 1. The highest BCUT2D eigenvalue weighted by Gasteiger charge is 2.24. The van der Waals surface area contributed by atoms with Crippen LogP contribution in [-0.4, -0.2) is 48.2 Å². The summed E-state index contributed by atoms with van der Waals surface area (Å²) in [6.45, 7) is 4.86. The van der Waals surface area contributed by atoms with Gasteiger partial charge in [-0.2, -0.15) is 0 Å². The van der Waals surface area contributed by atoms with E-state index in [9.17, 15) is 4.39 Å². The molecule has 0 bridgehead atoms. The largest absolute Gasteiger partial charge is 0.409 e. The minimum atomic E-state index is -0.194. The molecule has 2 rings (SSSR count). The second-order valence-electron chi connectivity index (χ2n) is 4.68. The average molecular weight is 266 g/mol. The molecule has 1 aliphatic heterocycles. The van der Waals surface area contributed by atoms with Crippen molar-refractivity contribution in [1.82, 2.24) is 4.90 Å². The SMILES string of the molecule is CC(C(N)=NO)N1CCN(c2ccccc2F)CC1. The second-order valence-corrected chi connectivity index (χ2v) is 4.68. The van der Waals surface area contributed by atoms with Crippen LogP contribution in [0.2, 0.25) is 0 Å². The Morgan fingerprint density at radius 1 is 1.32 bits per heavy atom. The average Bonchev–Trinajstić information content (AvgIpc) is 2.46. The van der Waals surface area contributed by atoms with Gasteiger partial charge in [-0.15, -0.1) is 0 Å². The maximum atomic E-state index is 13.7. The molecule has 5 nitrogen and oxygen atoms in total. The van der Waals surface area contributed by atoms with Gasteiger partial charge in [0, 0.05) is 26.2 Å². The Morgan fingerprint density at radius 2 is 1.95 bits per heavy atom. The van der Waals surface area contributed by atoms with E-state index in [0.717, 1.165) is 26.2 Å². The lowest BCUT2D eigenvalue weighted by atomic mass is 10.2. The summed E-state index contributed by atoms with van der Waals surface area (Å²) >= 11 is 0. The van der Waals surface area contributed by atoms with Crippen LogP contribution < -0.4 is 10.6 Å². The zero-order valence-electron chi connectivity index (χ0n) is 11.0. The zero-order valence-corrected chi connectivity index (χ0v) is 11.0. The van der Waals surface area contributed by atoms with Crippen LogP contribution in [0.3, 0.4) is 0 Å². The number of amidine groups is 1. The smallest absolute Gasteiger partial charge is 0.156 e. The molecule has 1 aromatic rings. The Hall–Kier alpha value is -1.82. The molecule has 1 heterocycles. The maximum Gasteiger partial charge on any atom is 0.156 e. The summed E-state index contributed by atoms with van der Waals surface area (Å²) in [5, 5.41) is 11.7. The minimum Gasteiger partial charge on any atom is -0.409 e. The van der Waals surface area contributed by atoms with Crippen LogP contribution in [0.5, 0.6) is 0 Å². The third kappa shape index (κ3) is 2.96. The first-order valence-corrected chi connectivity index (χ1v) is 6.34. The fourth-order valence-corrected chi connectivity index (χ4v) is 2.33. The van der Waals surface area contributed by atoms with Crippen molar-refractivity contribution in [2.75, 3.05) is 31.1 Å². The van der Waals surface area contributed by atoms with Gasteiger partial charge < -0.3 is 15.8 Å². The summed E-state index contributed by atoms with van der Waals surface area (Å²) in [4.78, 5) is 4.14. The first-order chi connectivity index (χ1) is 9.13. The normalized spacial score (nSPS) is 19.5. The Bertz CT molecular complexity index is 458. The summed E-state index contributed by atoms with van der Waals surface area (Å²) in [6.07, 6.45) is 0. The van der Waals surface area contributed by atoms with Gasteiger partial charge >= 0.3 is 0 Å². The van der Waals surface area contributed by atoms with Crippen LogP contribution in [0.25, 0.3) is 0 Å². The standard InChI is InChI=1S/C13H19FN4O/c1-10(13(15)16-19)17-6-8-18(9-7-17)12-5-3-2-4-11(12)14/h2-5,10,19H,6-9H2,1H3,(H2,15,16). The third-order valence-corrected chi connectivity index (χ3v) is 3.60. The van der Waals surface area contributed by atoms with Crippen molar-refractivity contribution in [3.63, 3.8) is 0 Å². The van der Waals surface area contributed by atoms with Gasteiger partial charge in [-0.05, 0) is 19.1 Å². The predicted octanol–water partition coefficient (Wildman–Crippen LogP) is 1.08. The molecule has 19 heavy (non-hydrogen) atoms. The first kappa shape index (κ1) is 13.6. The second kappa shape index (κ2) is 5.88. The Kier molecular flexibility index (Phi) is 4.21. The molecule has 0 aromatic heterocycles. The van der Waals surface area contributed by atoms with Crippen molar-refractivity contribution >= 4 is 11.5 Å². The third-order valence-electron chi connectivity index (χ3n) is 3.60. The number of nitrogens with two attached hydrogens (primary N) is 1. The molecular weight excluding hydrogens is 247 g/mol. The van der Waals surface area contributed by atoms with Gasteiger partial charge in [0.1, 0.15) is 5.82 Å². The lowest BCUT2D eigenvalue weighted by molar-refractivity contribution is 0.230. The minimum absolute atomic E-state index is 0.104.